The Morgan fingerprint density at radius 2 is 2.10 bits per heavy atom. The Bertz CT molecular complexity index is 662. The first-order valence-electron chi connectivity index (χ1n) is 6.31. The number of pyridine rings is 1. The Balaban J connectivity index is 2.04. The van der Waals surface area contributed by atoms with Crippen molar-refractivity contribution < 1.29 is 9.53 Å². The lowest BCUT2D eigenvalue weighted by Crippen LogP contribution is -2.30. The Morgan fingerprint density at radius 1 is 1.33 bits per heavy atom. The van der Waals surface area contributed by atoms with Crippen molar-refractivity contribution >= 4 is 34.9 Å². The molecule has 0 bridgehead atoms. The molecule has 1 atom stereocenters. The third-order valence-corrected chi connectivity index (χ3v) is 3.56. The number of hydrogen-bond acceptors (Lipinski definition) is 3. The first-order valence-corrected chi connectivity index (χ1v) is 7.07. The maximum absolute atomic E-state index is 12.1. The minimum Gasteiger partial charge on any atom is -0.479 e. The molecular formula is C15H14Cl2N2O2. The number of carbonyl (C=O) groups excluding carboxylic acids is 1. The van der Waals surface area contributed by atoms with Crippen molar-refractivity contribution in [1.82, 2.24) is 4.98 Å². The summed E-state index contributed by atoms with van der Waals surface area (Å²) >= 11 is 11.9. The van der Waals surface area contributed by atoms with Crippen LogP contribution in [-0.2, 0) is 4.79 Å². The van der Waals surface area contributed by atoms with Crippen LogP contribution in [0.2, 0.25) is 10.0 Å². The van der Waals surface area contributed by atoms with Crippen molar-refractivity contribution in [2.24, 2.45) is 0 Å². The standard InChI is InChI=1S/C15H14Cl2N2O2/c1-9-6-7-18-13(8-9)19-15(20)10(2)21-12-5-3-4-11(16)14(12)17/h3-8,10H,1-2H3,(H,18,19,20)/t10-/m1/s1. The lowest BCUT2D eigenvalue weighted by Gasteiger charge is -2.15. The van der Waals surface area contributed by atoms with Crippen molar-refractivity contribution in [3.63, 3.8) is 0 Å². The molecule has 21 heavy (non-hydrogen) atoms. The number of aryl methyl sites for hydroxylation is 1. The second-order valence-corrected chi connectivity index (χ2v) is 5.30. The smallest absolute Gasteiger partial charge is 0.266 e. The van der Waals surface area contributed by atoms with Gasteiger partial charge in [0.25, 0.3) is 5.91 Å². The number of nitrogens with zero attached hydrogens (tertiary/aromatic N) is 1. The largest absolute Gasteiger partial charge is 0.479 e. The Labute approximate surface area is 133 Å². The summed E-state index contributed by atoms with van der Waals surface area (Å²) in [7, 11) is 0. The molecule has 4 nitrogen and oxygen atoms in total. The lowest BCUT2D eigenvalue weighted by atomic mass is 10.3. The molecule has 0 radical (unpaired) electrons. The quantitative estimate of drug-likeness (QED) is 0.921. The summed E-state index contributed by atoms with van der Waals surface area (Å²) < 4.78 is 5.53. The molecule has 1 N–H and O–H groups in total. The van der Waals surface area contributed by atoms with Crippen LogP contribution in [0.25, 0.3) is 0 Å². The number of ether oxygens (including phenoxy) is 1. The predicted octanol–water partition coefficient (Wildman–Crippen LogP) is 4.10. The number of amides is 1. The van der Waals surface area contributed by atoms with Gasteiger partial charge in [0.15, 0.2) is 6.10 Å². The maximum Gasteiger partial charge on any atom is 0.266 e. The summed E-state index contributed by atoms with van der Waals surface area (Å²) in [6, 6.07) is 8.63. The van der Waals surface area contributed by atoms with Crippen LogP contribution in [0.3, 0.4) is 0 Å². The summed E-state index contributed by atoms with van der Waals surface area (Å²) in [5, 5.41) is 3.35. The molecule has 1 amide bonds. The molecular weight excluding hydrogens is 311 g/mol. The zero-order valence-corrected chi connectivity index (χ0v) is 13.1. The van der Waals surface area contributed by atoms with Gasteiger partial charge in [0.2, 0.25) is 0 Å². The molecule has 0 saturated heterocycles. The topological polar surface area (TPSA) is 51.2 Å². The van der Waals surface area contributed by atoms with Crippen LogP contribution in [0, 0.1) is 6.92 Å². The van der Waals surface area contributed by atoms with Crippen molar-refractivity contribution in [2.45, 2.75) is 20.0 Å². The third kappa shape index (κ3) is 4.09. The van der Waals surface area contributed by atoms with E-state index in [0.717, 1.165) is 5.56 Å². The molecule has 0 fully saturated rings. The van der Waals surface area contributed by atoms with E-state index >= 15 is 0 Å². The highest BCUT2D eigenvalue weighted by molar-refractivity contribution is 6.42. The molecule has 0 unspecified atom stereocenters. The summed E-state index contributed by atoms with van der Waals surface area (Å²) in [5.41, 5.74) is 1.01. The van der Waals surface area contributed by atoms with Gasteiger partial charge in [0.1, 0.15) is 16.6 Å². The molecule has 6 heteroatoms. The van der Waals surface area contributed by atoms with Crippen molar-refractivity contribution in [1.29, 1.82) is 0 Å². The monoisotopic (exact) mass is 324 g/mol. The van der Waals surface area contributed by atoms with Crippen LogP contribution in [0.5, 0.6) is 5.75 Å². The van der Waals surface area contributed by atoms with Crippen molar-refractivity contribution in [3.05, 3.63) is 52.1 Å². The molecule has 0 spiro atoms. The van der Waals surface area contributed by atoms with Gasteiger partial charge in [-0.25, -0.2) is 4.98 Å². The van der Waals surface area contributed by atoms with Gasteiger partial charge in [0.05, 0.1) is 5.02 Å². The SMILES string of the molecule is Cc1ccnc(NC(=O)[C@@H](C)Oc2cccc(Cl)c2Cl)c1. The number of aromatic nitrogens is 1. The second-order valence-electron chi connectivity index (χ2n) is 4.52. The first kappa shape index (κ1) is 15.6. The second kappa shape index (κ2) is 6.78. The van der Waals surface area contributed by atoms with Gasteiger partial charge in [-0.15, -0.1) is 0 Å². The fourth-order valence-corrected chi connectivity index (χ4v) is 1.99. The highest BCUT2D eigenvalue weighted by Gasteiger charge is 2.17. The normalized spacial score (nSPS) is 11.8. The van der Waals surface area contributed by atoms with E-state index in [1.54, 1.807) is 37.4 Å². The number of rotatable bonds is 4. The summed E-state index contributed by atoms with van der Waals surface area (Å²) in [4.78, 5) is 16.1. The number of nitrogens with one attached hydrogen (secondary N) is 1. The van der Waals surface area contributed by atoms with E-state index in [1.165, 1.54) is 0 Å². The van der Waals surface area contributed by atoms with E-state index in [0.29, 0.717) is 16.6 Å². The zero-order valence-electron chi connectivity index (χ0n) is 11.6. The molecule has 0 saturated carbocycles. The van der Waals surface area contributed by atoms with Crippen LogP contribution in [-0.4, -0.2) is 17.0 Å². The molecule has 1 aromatic heterocycles. The maximum atomic E-state index is 12.1. The average molecular weight is 325 g/mol. The van der Waals surface area contributed by atoms with Gasteiger partial charge in [-0.3, -0.25) is 4.79 Å². The minimum absolute atomic E-state index is 0.285. The summed E-state index contributed by atoms with van der Waals surface area (Å²) in [6.07, 6.45) is 0.896. The van der Waals surface area contributed by atoms with Crippen LogP contribution < -0.4 is 10.1 Å². The lowest BCUT2D eigenvalue weighted by molar-refractivity contribution is -0.122. The molecule has 1 heterocycles. The fourth-order valence-electron chi connectivity index (χ4n) is 1.65. The molecule has 0 aliphatic heterocycles. The van der Waals surface area contributed by atoms with Crippen LogP contribution in [0.1, 0.15) is 12.5 Å². The van der Waals surface area contributed by atoms with E-state index in [2.05, 4.69) is 10.3 Å². The average Bonchev–Trinajstić information content (AvgIpc) is 2.44. The minimum atomic E-state index is -0.733. The first-order chi connectivity index (χ1) is 9.97. The van der Waals surface area contributed by atoms with E-state index in [9.17, 15) is 4.79 Å². The fraction of sp³-hybridized carbons (Fsp3) is 0.200. The Kier molecular flexibility index (Phi) is 5.04. The molecule has 110 valence electrons. The molecule has 2 rings (SSSR count). The highest BCUT2D eigenvalue weighted by atomic mass is 35.5. The van der Waals surface area contributed by atoms with Gasteiger partial charge >= 0.3 is 0 Å². The molecule has 2 aromatic rings. The van der Waals surface area contributed by atoms with E-state index in [4.69, 9.17) is 27.9 Å². The Morgan fingerprint density at radius 3 is 2.81 bits per heavy atom. The van der Waals surface area contributed by atoms with Gasteiger partial charge in [-0.05, 0) is 43.7 Å². The zero-order chi connectivity index (χ0) is 15.4. The van der Waals surface area contributed by atoms with E-state index in [1.807, 2.05) is 13.0 Å². The van der Waals surface area contributed by atoms with Gasteiger partial charge in [-0.2, -0.15) is 0 Å². The van der Waals surface area contributed by atoms with Gasteiger partial charge in [0, 0.05) is 6.20 Å². The number of benzene rings is 1. The van der Waals surface area contributed by atoms with Gasteiger partial charge in [-0.1, -0.05) is 29.3 Å². The van der Waals surface area contributed by atoms with E-state index in [-0.39, 0.29) is 10.9 Å². The molecule has 0 aliphatic carbocycles. The number of anilines is 1. The predicted molar refractivity (Wildman–Crippen MR) is 84.2 cm³/mol. The van der Waals surface area contributed by atoms with Crippen LogP contribution in [0.15, 0.2) is 36.5 Å². The van der Waals surface area contributed by atoms with E-state index < -0.39 is 6.10 Å². The summed E-state index contributed by atoms with van der Waals surface area (Å²) in [5.74, 6) is 0.529. The van der Waals surface area contributed by atoms with Crippen LogP contribution >= 0.6 is 23.2 Å². The van der Waals surface area contributed by atoms with Crippen molar-refractivity contribution in [3.8, 4) is 5.75 Å². The Hall–Kier alpha value is -1.78. The van der Waals surface area contributed by atoms with Crippen molar-refractivity contribution in [2.75, 3.05) is 5.32 Å². The summed E-state index contributed by atoms with van der Waals surface area (Å²) in [6.45, 7) is 3.55. The van der Waals surface area contributed by atoms with Gasteiger partial charge < -0.3 is 10.1 Å². The highest BCUT2D eigenvalue weighted by Crippen LogP contribution is 2.32. The number of hydrogen-bond donors (Lipinski definition) is 1. The number of halogens is 2. The molecule has 1 aromatic carbocycles. The van der Waals surface area contributed by atoms with Crippen LogP contribution in [0.4, 0.5) is 5.82 Å². The third-order valence-electron chi connectivity index (χ3n) is 2.76. The molecule has 0 aliphatic rings. The number of carbonyl (C=O) groups is 1.